The number of hydrogen-bond acceptors (Lipinski definition) is 5. The van der Waals surface area contributed by atoms with Crippen molar-refractivity contribution in [3.63, 3.8) is 0 Å². The van der Waals surface area contributed by atoms with E-state index in [4.69, 9.17) is 9.88 Å². The predicted molar refractivity (Wildman–Crippen MR) is 90.4 cm³/mol. The summed E-state index contributed by atoms with van der Waals surface area (Å²) >= 11 is 0. The number of nitrogens with one attached hydrogen (secondary N) is 1. The van der Waals surface area contributed by atoms with Crippen molar-refractivity contribution in [3.8, 4) is 5.75 Å². The second-order valence-corrected chi connectivity index (χ2v) is 6.86. The summed E-state index contributed by atoms with van der Waals surface area (Å²) in [5.74, 6) is 0.241. The third-order valence-electron chi connectivity index (χ3n) is 3.82. The molecule has 1 aliphatic heterocycles. The lowest BCUT2D eigenvalue weighted by molar-refractivity contribution is 0.0986. The summed E-state index contributed by atoms with van der Waals surface area (Å²) in [6, 6.07) is 11.9. The van der Waals surface area contributed by atoms with Crippen LogP contribution in [0.1, 0.15) is 33.1 Å². The molecule has 1 atom stereocenters. The maximum absolute atomic E-state index is 11.9. The minimum Gasteiger partial charge on any atom is -0.497 e. The van der Waals surface area contributed by atoms with Crippen molar-refractivity contribution < 1.29 is 17.9 Å². The van der Waals surface area contributed by atoms with Crippen LogP contribution in [0.25, 0.3) is 0 Å². The van der Waals surface area contributed by atoms with Crippen LogP contribution in [0, 0.1) is 0 Å². The monoisotopic (exact) mass is 360 g/mol. The molecule has 0 aromatic heterocycles. The smallest absolute Gasteiger partial charge is 0.295 e. The average molecular weight is 360 g/mol. The van der Waals surface area contributed by atoms with Crippen LogP contribution in [-0.2, 0) is 16.8 Å². The molecular weight excluding hydrogens is 344 g/mol. The Morgan fingerprint density at radius 3 is 2.56 bits per heavy atom. The number of carbonyl (C=O) groups excluding carboxylic acids is 1. The fraction of sp³-hybridized carbons (Fsp3) is 0.188. The number of azo groups is 1. The van der Waals surface area contributed by atoms with Crippen LogP contribution in [0.5, 0.6) is 5.75 Å². The van der Waals surface area contributed by atoms with E-state index in [9.17, 15) is 13.2 Å². The number of fused-ring (bicyclic) bond motifs is 1. The molecule has 130 valence electrons. The van der Waals surface area contributed by atoms with E-state index < -0.39 is 16.3 Å². The topological polar surface area (TPSA) is 123 Å². The lowest BCUT2D eigenvalue weighted by atomic mass is 9.93. The second kappa shape index (κ2) is 6.71. The van der Waals surface area contributed by atoms with Gasteiger partial charge in [0.1, 0.15) is 11.8 Å². The third kappa shape index (κ3) is 3.90. The molecule has 2 aromatic carbocycles. The first-order valence-corrected chi connectivity index (χ1v) is 8.91. The van der Waals surface area contributed by atoms with Crippen LogP contribution in [0.3, 0.4) is 0 Å². The molecule has 1 aliphatic rings. The second-order valence-electron chi connectivity index (χ2n) is 5.48. The van der Waals surface area contributed by atoms with Gasteiger partial charge in [-0.3, -0.25) is 4.79 Å². The molecule has 0 radical (unpaired) electrons. The fourth-order valence-electron chi connectivity index (χ4n) is 2.56. The maximum atomic E-state index is 11.9. The van der Waals surface area contributed by atoms with E-state index in [0.29, 0.717) is 11.3 Å². The molecule has 8 nitrogen and oxygen atoms in total. The molecule has 0 saturated heterocycles. The molecule has 0 bridgehead atoms. The van der Waals surface area contributed by atoms with Crippen molar-refractivity contribution in [2.24, 2.45) is 15.4 Å². The Kier molecular flexibility index (Phi) is 4.62. The van der Waals surface area contributed by atoms with E-state index >= 15 is 0 Å². The van der Waals surface area contributed by atoms with Crippen LogP contribution in [-0.4, -0.2) is 21.4 Å². The van der Waals surface area contributed by atoms with Crippen molar-refractivity contribution in [2.75, 3.05) is 7.11 Å². The highest BCUT2D eigenvalue weighted by molar-refractivity contribution is 7.87. The minimum atomic E-state index is -3.74. The van der Waals surface area contributed by atoms with Gasteiger partial charge in [0, 0.05) is 12.1 Å². The van der Waals surface area contributed by atoms with Crippen molar-refractivity contribution in [2.45, 2.75) is 12.6 Å². The molecule has 2 aromatic rings. The van der Waals surface area contributed by atoms with Crippen LogP contribution in [0.15, 0.2) is 52.7 Å². The minimum absolute atomic E-state index is 0.0915. The van der Waals surface area contributed by atoms with Gasteiger partial charge in [-0.15, -0.1) is 5.11 Å². The Labute approximate surface area is 144 Å². The molecule has 0 fully saturated rings. The highest BCUT2D eigenvalue weighted by atomic mass is 32.2. The van der Waals surface area contributed by atoms with Crippen molar-refractivity contribution in [1.82, 2.24) is 4.72 Å². The lowest BCUT2D eigenvalue weighted by Crippen LogP contribution is -2.30. The first-order chi connectivity index (χ1) is 11.9. The summed E-state index contributed by atoms with van der Waals surface area (Å²) in [4.78, 5) is 11.9. The van der Waals surface area contributed by atoms with Crippen molar-refractivity contribution >= 4 is 16.1 Å². The van der Waals surface area contributed by atoms with Gasteiger partial charge in [-0.25, -0.2) is 5.14 Å². The van der Waals surface area contributed by atoms with E-state index in [1.54, 1.807) is 37.4 Å². The summed E-state index contributed by atoms with van der Waals surface area (Å²) < 4.78 is 29.3. The predicted octanol–water partition coefficient (Wildman–Crippen LogP) is 1.68. The van der Waals surface area contributed by atoms with E-state index in [1.165, 1.54) is 0 Å². The van der Waals surface area contributed by atoms with Crippen LogP contribution >= 0.6 is 0 Å². The standard InChI is InChI=1S/C16H16N4O4S/c1-24-12-6-7-13-14(8-12)15(19-20-16(13)21)11-4-2-10(3-5-11)9-18-25(17,22)23/h2-8,15,18H,9H2,1H3,(H2,17,22,23). The number of benzene rings is 2. The highest BCUT2D eigenvalue weighted by Crippen LogP contribution is 2.35. The van der Waals surface area contributed by atoms with Gasteiger partial charge in [0.15, 0.2) is 0 Å². The molecule has 0 aliphatic carbocycles. The first kappa shape index (κ1) is 17.2. The number of nitrogens with zero attached hydrogens (tertiary/aromatic N) is 2. The molecule has 3 rings (SSSR count). The van der Waals surface area contributed by atoms with Crippen molar-refractivity contribution in [3.05, 3.63) is 64.7 Å². The van der Waals surface area contributed by atoms with Gasteiger partial charge in [0.05, 0.1) is 7.11 Å². The highest BCUT2D eigenvalue weighted by Gasteiger charge is 2.25. The number of methoxy groups -OCH3 is 1. The number of carbonyl (C=O) groups is 1. The SMILES string of the molecule is COc1ccc2c(c1)C(c1ccc(CNS(N)(=O)=O)cc1)N=NC2=O. The van der Waals surface area contributed by atoms with E-state index in [2.05, 4.69) is 15.0 Å². The summed E-state index contributed by atoms with van der Waals surface area (Å²) in [7, 11) is -2.19. The van der Waals surface area contributed by atoms with Crippen LogP contribution < -0.4 is 14.6 Å². The van der Waals surface area contributed by atoms with E-state index in [-0.39, 0.29) is 12.5 Å². The van der Waals surface area contributed by atoms with Gasteiger partial charge in [-0.05, 0) is 34.9 Å². The Bertz CT molecular complexity index is 939. The normalized spacial score (nSPS) is 16.6. The molecule has 3 N–H and O–H groups in total. The van der Waals surface area contributed by atoms with Gasteiger partial charge in [-0.2, -0.15) is 18.3 Å². The Morgan fingerprint density at radius 2 is 1.92 bits per heavy atom. The summed E-state index contributed by atoms with van der Waals surface area (Å²) in [6.45, 7) is 0.0915. The number of rotatable bonds is 5. The molecule has 0 spiro atoms. The molecule has 1 heterocycles. The van der Waals surface area contributed by atoms with E-state index in [1.807, 2.05) is 12.1 Å². The van der Waals surface area contributed by atoms with Gasteiger partial charge >= 0.3 is 0 Å². The third-order valence-corrected chi connectivity index (χ3v) is 4.37. The quantitative estimate of drug-likeness (QED) is 0.842. The number of nitrogens with two attached hydrogens (primary N) is 1. The van der Waals surface area contributed by atoms with Crippen LogP contribution in [0.4, 0.5) is 0 Å². The molecule has 1 amide bonds. The van der Waals surface area contributed by atoms with Gasteiger partial charge in [-0.1, -0.05) is 24.3 Å². The number of hydrogen-bond donors (Lipinski definition) is 2. The number of amides is 1. The fourth-order valence-corrected chi connectivity index (χ4v) is 2.93. The zero-order valence-electron chi connectivity index (χ0n) is 13.3. The number of ether oxygens (including phenoxy) is 1. The molecule has 25 heavy (non-hydrogen) atoms. The van der Waals surface area contributed by atoms with Gasteiger partial charge in [0.25, 0.3) is 16.1 Å². The largest absolute Gasteiger partial charge is 0.497 e. The van der Waals surface area contributed by atoms with Gasteiger partial charge < -0.3 is 4.74 Å². The summed E-state index contributed by atoms with van der Waals surface area (Å²) in [5.41, 5.74) is 2.77. The average Bonchev–Trinajstić information content (AvgIpc) is 2.60. The van der Waals surface area contributed by atoms with Crippen LogP contribution in [0.2, 0.25) is 0 Å². The Morgan fingerprint density at radius 1 is 1.20 bits per heavy atom. The lowest BCUT2D eigenvalue weighted by Gasteiger charge is -2.19. The molecular formula is C16H16N4O4S. The van der Waals surface area contributed by atoms with Crippen molar-refractivity contribution in [1.29, 1.82) is 0 Å². The molecule has 0 saturated carbocycles. The first-order valence-electron chi connectivity index (χ1n) is 7.37. The zero-order valence-corrected chi connectivity index (χ0v) is 14.2. The zero-order chi connectivity index (χ0) is 18.0. The summed E-state index contributed by atoms with van der Waals surface area (Å²) in [6.07, 6.45) is 0. The Hall–Kier alpha value is -2.62. The molecule has 1 unspecified atom stereocenters. The molecule has 9 heteroatoms. The van der Waals surface area contributed by atoms with Gasteiger partial charge in [0.2, 0.25) is 0 Å². The summed E-state index contributed by atoms with van der Waals surface area (Å²) in [5, 5.41) is 12.7. The Balaban J connectivity index is 1.89. The maximum Gasteiger partial charge on any atom is 0.295 e. The van der Waals surface area contributed by atoms with E-state index in [0.717, 1.165) is 16.7 Å².